The topological polar surface area (TPSA) is 4.93 Å². The van der Waals surface area contributed by atoms with Crippen LogP contribution in [0.1, 0.15) is 48.9 Å². The molecule has 6 rings (SSSR count). The number of allylic oxidation sites excluding steroid dienone is 4. The molecule has 166 valence electrons. The lowest BCUT2D eigenvalue weighted by atomic mass is 9.89. The molecule has 0 saturated heterocycles. The van der Waals surface area contributed by atoms with Crippen molar-refractivity contribution in [3.05, 3.63) is 132 Å². The third-order valence-corrected chi connectivity index (χ3v) is 7.17. The zero-order chi connectivity index (χ0) is 23.1. The summed E-state index contributed by atoms with van der Waals surface area (Å²) in [6.45, 7) is 4.46. The van der Waals surface area contributed by atoms with E-state index in [-0.39, 0.29) is 12.0 Å². The Morgan fingerprint density at radius 2 is 1.50 bits per heavy atom. The van der Waals surface area contributed by atoms with Crippen molar-refractivity contribution in [1.29, 1.82) is 0 Å². The maximum atomic E-state index is 2.51. The van der Waals surface area contributed by atoms with Crippen LogP contribution >= 0.6 is 0 Å². The summed E-state index contributed by atoms with van der Waals surface area (Å²) in [5.74, 6) is 0.265. The molecule has 2 atom stereocenters. The maximum Gasteiger partial charge on any atom is 0.0500 e. The lowest BCUT2D eigenvalue weighted by Gasteiger charge is -2.16. The number of hydrogen-bond acceptors (Lipinski definition) is 0. The Bertz CT molecular complexity index is 1550. The van der Waals surface area contributed by atoms with Crippen LogP contribution < -0.4 is 0 Å². The molecule has 0 saturated carbocycles. The van der Waals surface area contributed by atoms with Gasteiger partial charge in [0.25, 0.3) is 0 Å². The van der Waals surface area contributed by atoms with Gasteiger partial charge in [-0.15, -0.1) is 0 Å². The number of rotatable bonds is 5. The second-order valence-corrected chi connectivity index (χ2v) is 9.24. The number of para-hydroxylation sites is 1. The van der Waals surface area contributed by atoms with Gasteiger partial charge < -0.3 is 4.57 Å². The van der Waals surface area contributed by atoms with E-state index in [9.17, 15) is 0 Å². The van der Waals surface area contributed by atoms with Gasteiger partial charge in [-0.2, -0.15) is 0 Å². The molecule has 5 aromatic rings. The summed E-state index contributed by atoms with van der Waals surface area (Å²) in [6.07, 6.45) is 9.90. The van der Waals surface area contributed by atoms with Gasteiger partial charge in [-0.1, -0.05) is 104 Å². The predicted molar refractivity (Wildman–Crippen MR) is 146 cm³/mol. The van der Waals surface area contributed by atoms with Crippen LogP contribution in [0.4, 0.5) is 0 Å². The Morgan fingerprint density at radius 3 is 2.35 bits per heavy atom. The van der Waals surface area contributed by atoms with Gasteiger partial charge in [0.2, 0.25) is 0 Å². The van der Waals surface area contributed by atoms with Crippen LogP contribution in [-0.2, 0) is 0 Å². The molecule has 0 amide bonds. The number of fused-ring (bicyclic) bond motifs is 6. The van der Waals surface area contributed by atoms with Gasteiger partial charge in [-0.05, 0) is 59.4 Å². The Balaban J connectivity index is 1.63. The van der Waals surface area contributed by atoms with Crippen LogP contribution in [-0.4, -0.2) is 4.57 Å². The van der Waals surface area contributed by atoms with E-state index in [1.165, 1.54) is 49.6 Å². The molecule has 1 heteroatoms. The van der Waals surface area contributed by atoms with Crippen molar-refractivity contribution in [3.63, 3.8) is 0 Å². The average Bonchev–Trinajstić information content (AvgIpc) is 3.38. The molecule has 1 nitrogen and oxygen atoms in total. The van der Waals surface area contributed by atoms with E-state index in [1.54, 1.807) is 0 Å². The summed E-state index contributed by atoms with van der Waals surface area (Å²) in [5, 5.41) is 2.66. The molecule has 1 heterocycles. The minimum absolute atomic E-state index is 0.251. The van der Waals surface area contributed by atoms with E-state index in [4.69, 9.17) is 0 Å². The van der Waals surface area contributed by atoms with Crippen LogP contribution in [0.2, 0.25) is 0 Å². The van der Waals surface area contributed by atoms with Crippen LogP contribution in [0.15, 0.2) is 115 Å². The second kappa shape index (κ2) is 8.50. The first-order chi connectivity index (χ1) is 16.8. The fourth-order valence-corrected chi connectivity index (χ4v) is 5.66. The van der Waals surface area contributed by atoms with Gasteiger partial charge in [0.05, 0.1) is 0 Å². The Hall–Kier alpha value is -3.84. The van der Waals surface area contributed by atoms with Crippen LogP contribution in [0.5, 0.6) is 0 Å². The Morgan fingerprint density at radius 1 is 0.735 bits per heavy atom. The van der Waals surface area contributed by atoms with Gasteiger partial charge in [0, 0.05) is 33.8 Å². The van der Waals surface area contributed by atoms with Gasteiger partial charge in [-0.3, -0.25) is 0 Å². The molecular weight excluding hydrogens is 410 g/mol. The average molecular weight is 440 g/mol. The highest BCUT2D eigenvalue weighted by Gasteiger charge is 2.31. The maximum absolute atomic E-state index is 2.51. The van der Waals surface area contributed by atoms with Crippen LogP contribution in [0.3, 0.4) is 0 Å². The zero-order valence-corrected chi connectivity index (χ0v) is 19.8. The molecule has 34 heavy (non-hydrogen) atoms. The van der Waals surface area contributed by atoms with Crippen molar-refractivity contribution >= 4 is 21.8 Å². The minimum Gasteiger partial charge on any atom is -0.334 e. The number of benzene rings is 4. The van der Waals surface area contributed by atoms with E-state index >= 15 is 0 Å². The molecule has 4 aromatic carbocycles. The van der Waals surface area contributed by atoms with E-state index in [0.29, 0.717) is 0 Å². The molecule has 0 radical (unpaired) electrons. The summed E-state index contributed by atoms with van der Waals surface area (Å²) < 4.78 is 2.51. The fourth-order valence-electron chi connectivity index (χ4n) is 5.66. The van der Waals surface area contributed by atoms with E-state index < -0.39 is 0 Å². The van der Waals surface area contributed by atoms with Gasteiger partial charge in [0.15, 0.2) is 0 Å². The molecule has 0 aliphatic heterocycles. The normalized spacial score (nSPS) is 16.0. The first-order valence-electron chi connectivity index (χ1n) is 12.3. The predicted octanol–water partition coefficient (Wildman–Crippen LogP) is 9.04. The van der Waals surface area contributed by atoms with Crippen molar-refractivity contribution < 1.29 is 0 Å². The summed E-state index contributed by atoms with van der Waals surface area (Å²) in [4.78, 5) is 0. The molecular formula is C33H29N. The molecule has 1 aliphatic rings. The van der Waals surface area contributed by atoms with Crippen LogP contribution in [0.25, 0.3) is 32.9 Å². The van der Waals surface area contributed by atoms with Gasteiger partial charge in [-0.25, -0.2) is 0 Å². The lowest BCUT2D eigenvalue weighted by molar-refractivity contribution is 0.710. The molecule has 0 N–H and O–H groups in total. The Labute approximate surface area is 201 Å². The van der Waals surface area contributed by atoms with Crippen molar-refractivity contribution in [1.82, 2.24) is 4.57 Å². The van der Waals surface area contributed by atoms with Gasteiger partial charge >= 0.3 is 0 Å². The summed E-state index contributed by atoms with van der Waals surface area (Å²) in [6, 6.07) is 33.9. The minimum atomic E-state index is 0.251. The van der Waals surface area contributed by atoms with Crippen molar-refractivity contribution in [2.45, 2.75) is 32.2 Å². The summed E-state index contributed by atoms with van der Waals surface area (Å²) in [5.41, 5.74) is 9.51. The third-order valence-electron chi connectivity index (χ3n) is 7.17. The monoisotopic (exact) mass is 439 g/mol. The smallest absolute Gasteiger partial charge is 0.0500 e. The highest BCUT2D eigenvalue weighted by molar-refractivity contribution is 6.10. The first-order valence-corrected chi connectivity index (χ1v) is 12.3. The van der Waals surface area contributed by atoms with Crippen molar-refractivity contribution in [2.24, 2.45) is 0 Å². The molecule has 1 aliphatic carbocycles. The number of aromatic nitrogens is 1. The van der Waals surface area contributed by atoms with E-state index in [1.807, 2.05) is 0 Å². The largest absolute Gasteiger partial charge is 0.334 e. The summed E-state index contributed by atoms with van der Waals surface area (Å²) in [7, 11) is 0. The number of nitrogens with zero attached hydrogens (tertiary/aromatic N) is 1. The molecule has 0 bridgehead atoms. The molecule has 1 aromatic heterocycles. The highest BCUT2D eigenvalue weighted by atomic mass is 15.0. The zero-order valence-electron chi connectivity index (χ0n) is 19.8. The number of hydrogen-bond donors (Lipinski definition) is 0. The fraction of sp³-hybridized carbons (Fsp3) is 0.152. The van der Waals surface area contributed by atoms with Crippen LogP contribution in [0, 0.1) is 0 Å². The van der Waals surface area contributed by atoms with E-state index in [0.717, 1.165) is 6.42 Å². The van der Waals surface area contributed by atoms with Crippen molar-refractivity contribution in [2.75, 3.05) is 0 Å². The highest BCUT2D eigenvalue weighted by Crippen LogP contribution is 2.50. The lowest BCUT2D eigenvalue weighted by Crippen LogP contribution is -2.03. The second-order valence-electron chi connectivity index (χ2n) is 9.24. The summed E-state index contributed by atoms with van der Waals surface area (Å²) >= 11 is 0. The standard InChI is InChI=1S/C33H29N/c1-3-4-5-7-14-23(2)34-31-20-13-12-18-26(31)29-21-28-25-17-10-11-19-27(25)33(30(28)22-32(29)34)24-15-8-6-9-16-24/h4-23,33H,3H2,1-2H3/b5-4-,14-7-/t23?,33-/m0/s1. The quantitative estimate of drug-likeness (QED) is 0.236. The SMILES string of the molecule is CC/C=C\C=C/C(C)n1c2ccccc2c2cc3c(cc21)[C@@H](c1ccccc1)c1ccccc1-3. The first kappa shape index (κ1) is 20.7. The third kappa shape index (κ3) is 3.23. The van der Waals surface area contributed by atoms with E-state index in [2.05, 4.69) is 134 Å². The van der Waals surface area contributed by atoms with Gasteiger partial charge in [0.1, 0.15) is 0 Å². The Kier molecular flexibility index (Phi) is 5.19. The van der Waals surface area contributed by atoms with Crippen molar-refractivity contribution in [3.8, 4) is 11.1 Å². The molecule has 1 unspecified atom stereocenters. The molecule has 0 spiro atoms. The molecule has 0 fully saturated rings.